The summed E-state index contributed by atoms with van der Waals surface area (Å²) in [4.78, 5) is 12.6. The van der Waals surface area contributed by atoms with Crippen LogP contribution in [-0.4, -0.2) is 24.2 Å². The van der Waals surface area contributed by atoms with Crippen LogP contribution in [0.15, 0.2) is 12.2 Å². The number of nitrogens with one attached hydrogen (secondary N) is 1. The van der Waals surface area contributed by atoms with Gasteiger partial charge in [0.25, 0.3) is 0 Å². The number of ether oxygens (including phenoxy) is 1. The van der Waals surface area contributed by atoms with Crippen molar-refractivity contribution in [2.75, 3.05) is 0 Å². The van der Waals surface area contributed by atoms with Gasteiger partial charge in [-0.2, -0.15) is 0 Å². The van der Waals surface area contributed by atoms with Crippen LogP contribution in [0.1, 0.15) is 85.0 Å². The molecule has 0 aromatic heterocycles. The van der Waals surface area contributed by atoms with Gasteiger partial charge in [-0.25, -0.2) is 0 Å². The highest BCUT2D eigenvalue weighted by Gasteiger charge is 2.27. The summed E-state index contributed by atoms with van der Waals surface area (Å²) >= 11 is 0. The maximum Gasteiger partial charge on any atom is 0.323 e. The second-order valence-electron chi connectivity index (χ2n) is 8.40. The van der Waals surface area contributed by atoms with Crippen LogP contribution in [0.5, 0.6) is 0 Å². The Labute approximate surface area is 142 Å². The molecule has 2 rings (SSSR count). The molecule has 2 aliphatic rings. The van der Waals surface area contributed by atoms with Crippen LogP contribution < -0.4 is 5.32 Å². The summed E-state index contributed by atoms with van der Waals surface area (Å²) in [7, 11) is 0. The highest BCUT2D eigenvalue weighted by atomic mass is 16.5. The van der Waals surface area contributed by atoms with Gasteiger partial charge in [0.1, 0.15) is 12.1 Å². The van der Waals surface area contributed by atoms with Gasteiger partial charge in [-0.05, 0) is 50.4 Å². The molecule has 0 amide bonds. The average molecular weight is 322 g/mol. The van der Waals surface area contributed by atoms with Gasteiger partial charge >= 0.3 is 5.97 Å². The van der Waals surface area contributed by atoms with E-state index in [1.165, 1.54) is 44.9 Å². The summed E-state index contributed by atoms with van der Waals surface area (Å²) in [6.45, 7) is 6.55. The van der Waals surface area contributed by atoms with E-state index in [1.54, 1.807) is 0 Å². The molecule has 2 saturated carbocycles. The lowest BCUT2D eigenvalue weighted by Gasteiger charge is -2.28. The summed E-state index contributed by atoms with van der Waals surface area (Å²) < 4.78 is 5.76. The number of carbonyl (C=O) groups excluding carboxylic acids is 1. The van der Waals surface area contributed by atoms with Crippen molar-refractivity contribution in [1.82, 2.24) is 5.32 Å². The number of hydrogen-bond donors (Lipinski definition) is 1. The minimum Gasteiger partial charge on any atom is -0.461 e. The summed E-state index contributed by atoms with van der Waals surface area (Å²) in [6.07, 6.45) is 16.0. The van der Waals surface area contributed by atoms with E-state index in [0.717, 1.165) is 19.3 Å². The molecule has 3 nitrogen and oxygen atoms in total. The zero-order valence-electron chi connectivity index (χ0n) is 15.3. The van der Waals surface area contributed by atoms with Gasteiger partial charge in [0.05, 0.1) is 0 Å². The van der Waals surface area contributed by atoms with E-state index >= 15 is 0 Å². The molecule has 23 heavy (non-hydrogen) atoms. The Bertz CT molecular complexity index is 385. The van der Waals surface area contributed by atoms with Crippen LogP contribution in [0.3, 0.4) is 0 Å². The summed E-state index contributed by atoms with van der Waals surface area (Å²) in [6, 6.07) is 0.296. The van der Waals surface area contributed by atoms with Crippen LogP contribution in [0.2, 0.25) is 0 Å². The first-order valence-corrected chi connectivity index (χ1v) is 9.58. The van der Waals surface area contributed by atoms with Crippen molar-refractivity contribution >= 4 is 5.97 Å². The molecule has 0 unspecified atom stereocenters. The third-order valence-electron chi connectivity index (χ3n) is 4.90. The second kappa shape index (κ2) is 8.86. The third-order valence-corrected chi connectivity index (χ3v) is 4.90. The Balaban J connectivity index is 1.91. The van der Waals surface area contributed by atoms with Crippen LogP contribution in [-0.2, 0) is 9.53 Å². The predicted octanol–water partition coefficient (Wildman–Crippen LogP) is 4.76. The first kappa shape index (κ1) is 18.5. The summed E-state index contributed by atoms with van der Waals surface area (Å²) in [5, 5.41) is 3.59. The Hall–Kier alpha value is -0.830. The molecule has 3 heteroatoms. The Morgan fingerprint density at radius 2 is 1.70 bits per heavy atom. The first-order valence-electron chi connectivity index (χ1n) is 9.58. The molecule has 1 N–H and O–H groups in total. The lowest BCUT2D eigenvalue weighted by molar-refractivity contribution is -0.151. The molecule has 2 aliphatic carbocycles. The average Bonchev–Trinajstić information content (AvgIpc) is 2.99. The van der Waals surface area contributed by atoms with Gasteiger partial charge < -0.3 is 10.1 Å². The molecule has 0 aromatic rings. The van der Waals surface area contributed by atoms with Crippen molar-refractivity contribution in [3.05, 3.63) is 12.2 Å². The normalized spacial score (nSPS) is 22.6. The van der Waals surface area contributed by atoms with E-state index in [-0.39, 0.29) is 23.5 Å². The molecule has 2 fully saturated rings. The van der Waals surface area contributed by atoms with Crippen LogP contribution in [0.4, 0.5) is 0 Å². The van der Waals surface area contributed by atoms with Crippen molar-refractivity contribution in [1.29, 1.82) is 0 Å². The maximum absolute atomic E-state index is 12.6. The highest BCUT2D eigenvalue weighted by Crippen LogP contribution is 2.23. The maximum atomic E-state index is 12.6. The standard InChI is InChI=1S/C20H35NO2/c1-20(2,3)15-9-14-18(21-16-10-5-4-6-11-16)19(22)23-17-12-7-8-13-17/h9,15-18,21H,4-8,10-14H2,1-3H3/t18-/m1/s1. The van der Waals surface area contributed by atoms with Crippen LogP contribution >= 0.6 is 0 Å². The fourth-order valence-electron chi connectivity index (χ4n) is 3.60. The fraction of sp³-hybridized carbons (Fsp3) is 0.850. The smallest absolute Gasteiger partial charge is 0.323 e. The van der Waals surface area contributed by atoms with Crippen molar-refractivity contribution < 1.29 is 9.53 Å². The Kier molecular flexibility index (Phi) is 7.13. The number of hydrogen-bond acceptors (Lipinski definition) is 3. The number of allylic oxidation sites excluding steroid dienone is 1. The molecule has 132 valence electrons. The number of carbonyl (C=O) groups is 1. The minimum atomic E-state index is -0.183. The van der Waals surface area contributed by atoms with E-state index in [4.69, 9.17) is 4.74 Å². The predicted molar refractivity (Wildman–Crippen MR) is 95.4 cm³/mol. The zero-order valence-corrected chi connectivity index (χ0v) is 15.3. The van der Waals surface area contributed by atoms with Crippen molar-refractivity contribution in [2.24, 2.45) is 5.41 Å². The van der Waals surface area contributed by atoms with Crippen molar-refractivity contribution in [2.45, 2.75) is 103 Å². The van der Waals surface area contributed by atoms with Gasteiger partial charge in [-0.15, -0.1) is 0 Å². The van der Waals surface area contributed by atoms with Gasteiger partial charge in [0.2, 0.25) is 0 Å². The van der Waals surface area contributed by atoms with E-state index < -0.39 is 0 Å². The van der Waals surface area contributed by atoms with Crippen LogP contribution in [0, 0.1) is 5.41 Å². The summed E-state index contributed by atoms with van der Waals surface area (Å²) in [5.74, 6) is -0.0407. The number of esters is 1. The first-order chi connectivity index (χ1) is 10.9. The fourth-order valence-corrected chi connectivity index (χ4v) is 3.60. The van der Waals surface area contributed by atoms with Crippen LogP contribution in [0.25, 0.3) is 0 Å². The monoisotopic (exact) mass is 321 g/mol. The van der Waals surface area contributed by atoms with E-state index in [1.807, 2.05) is 0 Å². The van der Waals surface area contributed by atoms with Gasteiger partial charge in [0.15, 0.2) is 0 Å². The van der Waals surface area contributed by atoms with Gasteiger partial charge in [-0.3, -0.25) is 4.79 Å². The molecule has 0 bridgehead atoms. The topological polar surface area (TPSA) is 38.3 Å². The quantitative estimate of drug-likeness (QED) is 0.566. The second-order valence-corrected chi connectivity index (χ2v) is 8.40. The molecule has 0 aliphatic heterocycles. The third kappa shape index (κ3) is 7.07. The molecule has 0 radical (unpaired) electrons. The molecule has 0 heterocycles. The molecular weight excluding hydrogens is 286 g/mol. The largest absolute Gasteiger partial charge is 0.461 e. The molecule has 1 atom stereocenters. The summed E-state index contributed by atoms with van der Waals surface area (Å²) in [5.41, 5.74) is 0.157. The van der Waals surface area contributed by atoms with Gasteiger partial charge in [0, 0.05) is 6.04 Å². The Morgan fingerprint density at radius 1 is 1.09 bits per heavy atom. The van der Waals surface area contributed by atoms with E-state index in [2.05, 4.69) is 38.2 Å². The van der Waals surface area contributed by atoms with Crippen molar-refractivity contribution in [3.63, 3.8) is 0 Å². The molecule has 0 aromatic carbocycles. The lowest BCUT2D eigenvalue weighted by atomic mass is 9.93. The Morgan fingerprint density at radius 3 is 2.30 bits per heavy atom. The van der Waals surface area contributed by atoms with Crippen molar-refractivity contribution in [3.8, 4) is 0 Å². The van der Waals surface area contributed by atoms with E-state index in [0.29, 0.717) is 6.04 Å². The molecule has 0 saturated heterocycles. The minimum absolute atomic E-state index is 0.0407. The zero-order chi connectivity index (χ0) is 16.7. The highest BCUT2D eigenvalue weighted by molar-refractivity contribution is 5.76. The SMILES string of the molecule is CC(C)(C)C=CC[C@@H](NC1CCCCC1)C(=O)OC1CCCC1. The molecular formula is C20H35NO2. The van der Waals surface area contributed by atoms with Gasteiger partial charge in [-0.1, -0.05) is 52.2 Å². The number of rotatable bonds is 6. The van der Waals surface area contributed by atoms with E-state index in [9.17, 15) is 4.79 Å². The lowest BCUT2D eigenvalue weighted by Crippen LogP contribution is -2.45. The molecule has 0 spiro atoms.